The molecule has 2 unspecified atom stereocenters. The van der Waals surface area contributed by atoms with Gasteiger partial charge in [-0.2, -0.15) is 0 Å². The third-order valence-electron chi connectivity index (χ3n) is 13.4. The Hall–Kier alpha value is -8.72. The van der Waals surface area contributed by atoms with Crippen LogP contribution < -0.4 is 9.80 Å². The van der Waals surface area contributed by atoms with Crippen LogP contribution in [-0.4, -0.2) is 6.04 Å². The SMILES string of the molecule is CC1C=C(c2ccccc2)C=CC1N(c1ccccc1)c1ccc(-c2ccccc2-c2cccc(-c3ccccc3-c3ccc(N(c4ccccc4)c4ccc(-c5ccccc5)cc4)cc3)c2)cc1. The summed E-state index contributed by atoms with van der Waals surface area (Å²) in [4.78, 5) is 4.81. The van der Waals surface area contributed by atoms with Crippen LogP contribution in [0, 0.1) is 5.92 Å². The average Bonchev–Trinajstić information content (AvgIpc) is 3.43. The number of nitrogens with zero attached hydrogens (tertiary/aromatic N) is 2. The summed E-state index contributed by atoms with van der Waals surface area (Å²) >= 11 is 0. The summed E-state index contributed by atoms with van der Waals surface area (Å²) in [6.45, 7) is 2.33. The second kappa shape index (κ2) is 19.6. The van der Waals surface area contributed by atoms with Crippen LogP contribution in [0.2, 0.25) is 0 Å². The Morgan fingerprint density at radius 2 is 0.638 bits per heavy atom. The lowest BCUT2D eigenvalue weighted by atomic mass is 9.88. The summed E-state index contributed by atoms with van der Waals surface area (Å²) in [5.41, 5.74) is 20.1. The first kappa shape index (κ1) is 42.9. The van der Waals surface area contributed by atoms with Gasteiger partial charge in [-0.05, 0) is 139 Å². The quantitative estimate of drug-likeness (QED) is 0.121. The molecule has 0 heterocycles. The smallest absolute Gasteiger partial charge is 0.0585 e. The molecule has 1 aliphatic carbocycles. The first-order valence-corrected chi connectivity index (χ1v) is 23.9. The Labute approximate surface area is 407 Å². The number of anilines is 5. The molecule has 0 saturated heterocycles. The highest BCUT2D eigenvalue weighted by molar-refractivity contribution is 5.90. The summed E-state index contributed by atoms with van der Waals surface area (Å²) in [5, 5.41) is 0. The summed E-state index contributed by atoms with van der Waals surface area (Å²) < 4.78 is 0. The normalized spacial score (nSPS) is 14.2. The van der Waals surface area contributed by atoms with E-state index in [0.29, 0.717) is 5.92 Å². The number of benzene rings is 10. The Balaban J connectivity index is 0.878. The van der Waals surface area contributed by atoms with E-state index < -0.39 is 0 Å². The van der Waals surface area contributed by atoms with Crippen molar-refractivity contribution in [1.29, 1.82) is 0 Å². The van der Waals surface area contributed by atoms with Gasteiger partial charge in [0, 0.05) is 28.4 Å². The van der Waals surface area contributed by atoms with Crippen molar-refractivity contribution in [2.45, 2.75) is 13.0 Å². The first-order chi connectivity index (χ1) is 34.1. The minimum atomic E-state index is 0.161. The number of allylic oxidation sites excluding steroid dienone is 2. The predicted octanol–water partition coefficient (Wildman–Crippen LogP) is 18.3. The van der Waals surface area contributed by atoms with Crippen molar-refractivity contribution in [3.8, 4) is 55.6 Å². The van der Waals surface area contributed by atoms with Crippen LogP contribution in [0.15, 0.2) is 285 Å². The maximum Gasteiger partial charge on any atom is 0.0585 e. The molecule has 0 spiro atoms. The van der Waals surface area contributed by atoms with Gasteiger partial charge in [-0.25, -0.2) is 0 Å². The standard InChI is InChI=1S/C67H52N2/c1-49-47-55(51-21-8-3-9-22-51)39-46-67(49)69(59-27-12-5-13-28-59)62-44-37-54(38-45-62)64-30-15-17-32-66(64)57-24-18-23-56(48-57)65-31-16-14-29-63(65)53-35-42-61(43-36-53)68(58-25-10-4-11-26-58)60-40-33-52(34-41-60)50-19-6-2-7-20-50/h2-49,67H,1H3. The molecule has 0 aliphatic heterocycles. The van der Waals surface area contributed by atoms with Gasteiger partial charge in [-0.15, -0.1) is 0 Å². The van der Waals surface area contributed by atoms with E-state index in [1.165, 1.54) is 72.5 Å². The molecule has 0 bridgehead atoms. The van der Waals surface area contributed by atoms with Crippen LogP contribution in [0.25, 0.3) is 61.2 Å². The van der Waals surface area contributed by atoms with Crippen molar-refractivity contribution >= 4 is 34.0 Å². The second-order valence-electron chi connectivity index (χ2n) is 17.8. The van der Waals surface area contributed by atoms with E-state index in [1.807, 2.05) is 0 Å². The van der Waals surface area contributed by atoms with Crippen molar-refractivity contribution in [3.05, 3.63) is 291 Å². The van der Waals surface area contributed by atoms with Gasteiger partial charge in [0.25, 0.3) is 0 Å². The van der Waals surface area contributed by atoms with Crippen LogP contribution in [-0.2, 0) is 0 Å². The summed E-state index contributed by atoms with van der Waals surface area (Å²) in [6.07, 6.45) is 7.07. The van der Waals surface area contributed by atoms with Crippen molar-refractivity contribution < 1.29 is 0 Å². The molecule has 0 fully saturated rings. The third kappa shape index (κ3) is 9.09. The zero-order chi connectivity index (χ0) is 46.4. The topological polar surface area (TPSA) is 6.48 Å². The molecule has 0 saturated carbocycles. The van der Waals surface area contributed by atoms with Crippen LogP contribution in [0.5, 0.6) is 0 Å². The summed E-state index contributed by atoms with van der Waals surface area (Å²) in [6, 6.07) is 96.4. The molecule has 11 rings (SSSR count). The zero-order valence-electron chi connectivity index (χ0n) is 38.7. The fraction of sp³-hybridized carbons (Fsp3) is 0.0448. The molecule has 69 heavy (non-hydrogen) atoms. The molecule has 2 atom stereocenters. The molecular formula is C67H52N2. The van der Waals surface area contributed by atoms with Crippen LogP contribution in [0.3, 0.4) is 0 Å². The van der Waals surface area contributed by atoms with Gasteiger partial charge in [0.2, 0.25) is 0 Å². The highest BCUT2D eigenvalue weighted by Gasteiger charge is 2.26. The molecule has 0 N–H and O–H groups in total. The zero-order valence-corrected chi connectivity index (χ0v) is 38.7. The van der Waals surface area contributed by atoms with E-state index in [1.54, 1.807) is 0 Å². The highest BCUT2D eigenvalue weighted by atomic mass is 15.2. The molecule has 2 heteroatoms. The van der Waals surface area contributed by atoms with E-state index in [2.05, 4.69) is 302 Å². The lowest BCUT2D eigenvalue weighted by molar-refractivity contribution is 0.611. The van der Waals surface area contributed by atoms with Gasteiger partial charge in [0.15, 0.2) is 0 Å². The number of hydrogen-bond acceptors (Lipinski definition) is 2. The van der Waals surface area contributed by atoms with Crippen molar-refractivity contribution in [1.82, 2.24) is 0 Å². The molecule has 1 aliphatic rings. The van der Waals surface area contributed by atoms with Crippen molar-refractivity contribution in [2.24, 2.45) is 5.92 Å². The second-order valence-corrected chi connectivity index (χ2v) is 17.8. The minimum absolute atomic E-state index is 0.161. The summed E-state index contributed by atoms with van der Waals surface area (Å²) in [5.74, 6) is 0.293. The largest absolute Gasteiger partial charge is 0.334 e. The fourth-order valence-electron chi connectivity index (χ4n) is 9.92. The number of hydrogen-bond donors (Lipinski definition) is 0. The van der Waals surface area contributed by atoms with E-state index >= 15 is 0 Å². The lowest BCUT2D eigenvalue weighted by Crippen LogP contribution is -2.35. The Bertz CT molecular complexity index is 3360. The van der Waals surface area contributed by atoms with Gasteiger partial charge in [-0.3, -0.25) is 0 Å². The number of para-hydroxylation sites is 2. The van der Waals surface area contributed by atoms with Gasteiger partial charge in [-0.1, -0.05) is 225 Å². The molecule has 10 aromatic rings. The lowest BCUT2D eigenvalue weighted by Gasteiger charge is -2.37. The maximum atomic E-state index is 2.48. The van der Waals surface area contributed by atoms with E-state index in [4.69, 9.17) is 0 Å². The van der Waals surface area contributed by atoms with Gasteiger partial charge >= 0.3 is 0 Å². The molecular weight excluding hydrogens is 833 g/mol. The Kier molecular flexibility index (Phi) is 12.2. The Morgan fingerprint density at radius 3 is 1.13 bits per heavy atom. The average molecular weight is 885 g/mol. The van der Waals surface area contributed by atoms with Gasteiger partial charge in [0.05, 0.1) is 6.04 Å². The summed E-state index contributed by atoms with van der Waals surface area (Å²) in [7, 11) is 0. The third-order valence-corrected chi connectivity index (χ3v) is 13.4. The molecule has 2 nitrogen and oxygen atoms in total. The molecule has 330 valence electrons. The molecule has 0 amide bonds. The fourth-order valence-corrected chi connectivity index (χ4v) is 9.92. The van der Waals surface area contributed by atoms with Crippen LogP contribution in [0.4, 0.5) is 28.4 Å². The van der Waals surface area contributed by atoms with Gasteiger partial charge < -0.3 is 9.80 Å². The molecule has 0 radical (unpaired) electrons. The maximum absolute atomic E-state index is 2.48. The highest BCUT2D eigenvalue weighted by Crippen LogP contribution is 2.42. The first-order valence-electron chi connectivity index (χ1n) is 23.9. The van der Waals surface area contributed by atoms with E-state index in [-0.39, 0.29) is 6.04 Å². The molecule has 10 aromatic carbocycles. The Morgan fingerprint density at radius 1 is 0.290 bits per heavy atom. The predicted molar refractivity (Wildman–Crippen MR) is 293 cm³/mol. The van der Waals surface area contributed by atoms with Gasteiger partial charge in [0.1, 0.15) is 0 Å². The van der Waals surface area contributed by atoms with Crippen LogP contribution >= 0.6 is 0 Å². The van der Waals surface area contributed by atoms with E-state index in [0.717, 1.165) is 22.7 Å². The van der Waals surface area contributed by atoms with Crippen molar-refractivity contribution in [3.63, 3.8) is 0 Å². The number of rotatable bonds is 12. The monoisotopic (exact) mass is 884 g/mol. The molecule has 0 aromatic heterocycles. The van der Waals surface area contributed by atoms with E-state index in [9.17, 15) is 0 Å². The van der Waals surface area contributed by atoms with Crippen molar-refractivity contribution in [2.75, 3.05) is 9.80 Å². The minimum Gasteiger partial charge on any atom is -0.334 e. The van der Waals surface area contributed by atoms with Crippen LogP contribution in [0.1, 0.15) is 12.5 Å².